The van der Waals surface area contributed by atoms with Crippen LogP contribution in [-0.4, -0.2) is 19.6 Å². The maximum absolute atomic E-state index is 13.2. The molecule has 0 saturated carbocycles. The first-order valence-electron chi connectivity index (χ1n) is 5.11. The van der Waals surface area contributed by atoms with Crippen LogP contribution in [0.25, 0.3) is 0 Å². The number of H-pyrrole nitrogens is 1. The third-order valence-corrected chi connectivity index (χ3v) is 3.45. The maximum atomic E-state index is 13.2. The van der Waals surface area contributed by atoms with Gasteiger partial charge in [0.15, 0.2) is 0 Å². The first-order chi connectivity index (χ1) is 8.50. The molecule has 0 aliphatic carbocycles. The smallest absolute Gasteiger partial charge is 0.331 e. The zero-order valence-corrected chi connectivity index (χ0v) is 10.2. The first kappa shape index (κ1) is 12.5. The number of nitrogens with one attached hydrogen (secondary N) is 1. The zero-order chi connectivity index (χ0) is 13.3. The molecule has 0 spiro atoms. The Balaban J connectivity index is 2.39. The van der Waals surface area contributed by atoms with Gasteiger partial charge in [0.2, 0.25) is 11.7 Å². The van der Waals surface area contributed by atoms with Crippen LogP contribution in [0.3, 0.4) is 0 Å². The van der Waals surface area contributed by atoms with Crippen molar-refractivity contribution in [3.63, 3.8) is 0 Å². The number of aromatic nitrogens is 3. The number of thiazole rings is 1. The molecule has 6 nitrogen and oxygen atoms in total. The van der Waals surface area contributed by atoms with E-state index in [-0.39, 0.29) is 12.5 Å². The molecule has 18 heavy (non-hydrogen) atoms. The van der Waals surface area contributed by atoms with E-state index in [2.05, 4.69) is 4.98 Å². The normalized spacial score (nSPS) is 12.6. The maximum Gasteiger partial charge on any atom is 0.331 e. The van der Waals surface area contributed by atoms with Gasteiger partial charge in [-0.15, -0.1) is 11.3 Å². The van der Waals surface area contributed by atoms with E-state index in [4.69, 9.17) is 0 Å². The Morgan fingerprint density at radius 2 is 2.33 bits per heavy atom. The number of hydrogen-bond donors (Lipinski definition) is 2. The fraction of sp³-hybridized carbons (Fsp3) is 0.300. The van der Waals surface area contributed by atoms with Gasteiger partial charge in [-0.3, -0.25) is 14.3 Å². The van der Waals surface area contributed by atoms with Crippen LogP contribution >= 0.6 is 11.3 Å². The van der Waals surface area contributed by atoms with Crippen LogP contribution in [0.4, 0.5) is 4.39 Å². The average Bonchev–Trinajstić information content (AvgIpc) is 2.85. The van der Waals surface area contributed by atoms with Crippen LogP contribution in [0.5, 0.6) is 5.88 Å². The van der Waals surface area contributed by atoms with Crippen molar-refractivity contribution >= 4 is 11.3 Å². The highest BCUT2D eigenvalue weighted by Crippen LogP contribution is 2.20. The molecule has 1 unspecified atom stereocenters. The van der Waals surface area contributed by atoms with E-state index in [0.717, 1.165) is 9.57 Å². The van der Waals surface area contributed by atoms with Crippen molar-refractivity contribution in [2.45, 2.75) is 19.4 Å². The summed E-state index contributed by atoms with van der Waals surface area (Å²) in [6.07, 6.45) is 1.62. The van der Waals surface area contributed by atoms with Gasteiger partial charge in [0.05, 0.1) is 5.01 Å². The summed E-state index contributed by atoms with van der Waals surface area (Å²) in [5.41, 5.74) is -2.07. The second-order valence-electron chi connectivity index (χ2n) is 3.78. The molecule has 1 atom stereocenters. The third kappa shape index (κ3) is 2.19. The van der Waals surface area contributed by atoms with Crippen LogP contribution in [0.1, 0.15) is 17.8 Å². The van der Waals surface area contributed by atoms with E-state index < -0.39 is 22.9 Å². The minimum absolute atomic E-state index is 0.0336. The molecule has 2 N–H and O–H groups in total. The molecule has 8 heteroatoms. The van der Waals surface area contributed by atoms with Gasteiger partial charge in [-0.05, 0) is 0 Å². The monoisotopic (exact) mass is 271 g/mol. The molecule has 2 heterocycles. The van der Waals surface area contributed by atoms with Gasteiger partial charge >= 0.3 is 5.69 Å². The van der Waals surface area contributed by atoms with E-state index in [1.54, 1.807) is 23.5 Å². The second-order valence-corrected chi connectivity index (χ2v) is 4.71. The minimum atomic E-state index is -1.36. The third-order valence-electron chi connectivity index (χ3n) is 2.45. The largest absolute Gasteiger partial charge is 0.492 e. The van der Waals surface area contributed by atoms with Crippen molar-refractivity contribution in [1.29, 1.82) is 0 Å². The van der Waals surface area contributed by atoms with Crippen molar-refractivity contribution in [2.75, 3.05) is 0 Å². The summed E-state index contributed by atoms with van der Waals surface area (Å²) in [6, 6.07) is 0. The molecule has 0 amide bonds. The fourth-order valence-corrected chi connectivity index (χ4v) is 2.22. The fourth-order valence-electron chi connectivity index (χ4n) is 1.53. The van der Waals surface area contributed by atoms with Gasteiger partial charge in [-0.25, -0.2) is 9.78 Å². The summed E-state index contributed by atoms with van der Waals surface area (Å²) in [5.74, 6) is -2.49. The van der Waals surface area contributed by atoms with Gasteiger partial charge in [0, 0.05) is 24.0 Å². The van der Waals surface area contributed by atoms with E-state index >= 15 is 0 Å². The van der Waals surface area contributed by atoms with E-state index in [1.165, 1.54) is 11.3 Å². The number of halogens is 1. The molecule has 2 rings (SSSR count). The molecule has 0 saturated heterocycles. The predicted octanol–water partition coefficient (Wildman–Crippen LogP) is 0.642. The molecule has 2 aromatic heterocycles. The van der Waals surface area contributed by atoms with Crippen molar-refractivity contribution < 1.29 is 9.50 Å². The Bertz CT molecular complexity index is 662. The van der Waals surface area contributed by atoms with Gasteiger partial charge < -0.3 is 5.11 Å². The SMILES string of the molecule is CC(Cn1c(O)c(F)c(=O)[nH]c1=O)c1nccs1. The molecule has 0 aliphatic rings. The van der Waals surface area contributed by atoms with Gasteiger partial charge in [0.1, 0.15) is 0 Å². The number of rotatable bonds is 3. The Morgan fingerprint density at radius 1 is 1.61 bits per heavy atom. The second kappa shape index (κ2) is 4.73. The predicted molar refractivity (Wildman–Crippen MR) is 63.5 cm³/mol. The summed E-state index contributed by atoms with van der Waals surface area (Å²) in [6.45, 7) is 1.82. The van der Waals surface area contributed by atoms with Crippen molar-refractivity contribution in [1.82, 2.24) is 14.5 Å². The van der Waals surface area contributed by atoms with Gasteiger partial charge in [-0.2, -0.15) is 4.39 Å². The topological polar surface area (TPSA) is 88.0 Å². The minimum Gasteiger partial charge on any atom is -0.492 e. The van der Waals surface area contributed by atoms with Crippen molar-refractivity contribution in [3.8, 4) is 5.88 Å². The lowest BCUT2D eigenvalue weighted by molar-refractivity contribution is 0.353. The van der Waals surface area contributed by atoms with Crippen LogP contribution in [0.15, 0.2) is 21.2 Å². The van der Waals surface area contributed by atoms with E-state index in [9.17, 15) is 19.1 Å². The zero-order valence-electron chi connectivity index (χ0n) is 9.38. The molecule has 2 aromatic rings. The first-order valence-corrected chi connectivity index (χ1v) is 5.99. The van der Waals surface area contributed by atoms with Crippen LogP contribution < -0.4 is 11.2 Å². The molecular formula is C10H10FN3O3S. The summed E-state index contributed by atoms with van der Waals surface area (Å²) in [4.78, 5) is 28.3. The number of nitrogens with zero attached hydrogens (tertiary/aromatic N) is 2. The van der Waals surface area contributed by atoms with Crippen LogP contribution in [0, 0.1) is 5.82 Å². The van der Waals surface area contributed by atoms with Gasteiger partial charge in [-0.1, -0.05) is 6.92 Å². The molecule has 0 radical (unpaired) electrons. The lowest BCUT2D eigenvalue weighted by atomic mass is 10.2. The molecule has 0 aromatic carbocycles. The average molecular weight is 271 g/mol. The van der Waals surface area contributed by atoms with Gasteiger partial charge in [0.25, 0.3) is 5.56 Å². The summed E-state index contributed by atoms with van der Waals surface area (Å²) < 4.78 is 14.0. The Kier molecular flexibility index (Phi) is 3.28. The molecular weight excluding hydrogens is 261 g/mol. The number of aromatic hydroxyl groups is 1. The number of hydrogen-bond acceptors (Lipinski definition) is 5. The summed E-state index contributed by atoms with van der Waals surface area (Å²) >= 11 is 1.40. The summed E-state index contributed by atoms with van der Waals surface area (Å²) in [7, 11) is 0. The highest BCUT2D eigenvalue weighted by molar-refractivity contribution is 7.09. The highest BCUT2D eigenvalue weighted by atomic mass is 32.1. The van der Waals surface area contributed by atoms with E-state index in [0.29, 0.717) is 0 Å². The van der Waals surface area contributed by atoms with Crippen LogP contribution in [0.2, 0.25) is 0 Å². The number of aromatic amines is 1. The van der Waals surface area contributed by atoms with Crippen LogP contribution in [-0.2, 0) is 6.54 Å². The quantitative estimate of drug-likeness (QED) is 0.857. The Hall–Kier alpha value is -1.96. The molecule has 0 aliphatic heterocycles. The van der Waals surface area contributed by atoms with E-state index in [1.807, 2.05) is 0 Å². The summed E-state index contributed by atoms with van der Waals surface area (Å²) in [5, 5.41) is 12.0. The highest BCUT2D eigenvalue weighted by Gasteiger charge is 2.17. The Labute approximate surface area is 104 Å². The lowest BCUT2D eigenvalue weighted by Crippen LogP contribution is -2.33. The molecule has 0 fully saturated rings. The van der Waals surface area contributed by atoms with Crippen molar-refractivity contribution in [3.05, 3.63) is 43.2 Å². The standard InChI is InChI=1S/C10H10FN3O3S/c1-5(8-12-2-3-18-8)4-14-9(16)6(11)7(15)13-10(14)17/h2-3,5,16H,4H2,1H3,(H,13,15,17). The Morgan fingerprint density at radius 3 is 2.94 bits per heavy atom. The molecule has 96 valence electrons. The molecule has 0 bridgehead atoms. The lowest BCUT2D eigenvalue weighted by Gasteiger charge is -2.12. The van der Waals surface area contributed by atoms with Crippen molar-refractivity contribution in [2.24, 2.45) is 0 Å².